The van der Waals surface area contributed by atoms with Gasteiger partial charge in [0.25, 0.3) is 0 Å². The number of carbonyl (C=O) groups is 2. The van der Waals surface area contributed by atoms with Crippen LogP contribution >= 0.6 is 0 Å². The average Bonchev–Trinajstić information content (AvgIpc) is 2.97. The summed E-state index contributed by atoms with van der Waals surface area (Å²) in [6.45, 7) is 3.84. The molecule has 5 nitrogen and oxygen atoms in total. The van der Waals surface area contributed by atoms with Gasteiger partial charge < -0.3 is 9.40 Å². The highest BCUT2D eigenvalue weighted by molar-refractivity contribution is 6.47. The Bertz CT molecular complexity index is 774. The molecule has 0 saturated carbocycles. The van der Waals surface area contributed by atoms with Crippen molar-refractivity contribution in [2.45, 2.75) is 52.4 Å². The number of ketones is 1. The van der Waals surface area contributed by atoms with E-state index in [2.05, 4.69) is 12.1 Å². The Balaban J connectivity index is 2.27. The Labute approximate surface area is 148 Å². The number of unbranched alkanes of at least 4 members (excludes halogenated alkanes) is 3. The van der Waals surface area contributed by atoms with Gasteiger partial charge in [-0.1, -0.05) is 56.5 Å². The minimum absolute atomic E-state index is 0.169. The molecule has 0 amide bonds. The van der Waals surface area contributed by atoms with Crippen molar-refractivity contribution in [1.82, 2.24) is 4.57 Å². The number of nitrogens with zero attached hydrogens (tertiary/aromatic N) is 2. The molecule has 5 heteroatoms. The second-order valence-corrected chi connectivity index (χ2v) is 6.17. The number of hydrogen-bond acceptors (Lipinski definition) is 4. The quantitative estimate of drug-likeness (QED) is 0.219. The molecular formula is C20H26N2O3. The smallest absolute Gasteiger partial charge is 0.334 e. The van der Waals surface area contributed by atoms with Gasteiger partial charge in [-0.15, -0.1) is 0 Å². The highest BCUT2D eigenvalue weighted by Gasteiger charge is 2.20. The SMILES string of the molecule is CCCCCC/C(=N\OC(=O)CC)C(=O)c1cn(C)c2ccccc12. The van der Waals surface area contributed by atoms with Crippen LogP contribution in [0.3, 0.4) is 0 Å². The molecule has 0 bridgehead atoms. The molecule has 0 fully saturated rings. The van der Waals surface area contributed by atoms with Gasteiger partial charge in [-0.2, -0.15) is 0 Å². The number of aromatic nitrogens is 1. The highest BCUT2D eigenvalue weighted by atomic mass is 16.7. The molecule has 2 aromatic rings. The van der Waals surface area contributed by atoms with E-state index in [9.17, 15) is 9.59 Å². The molecule has 0 aliphatic carbocycles. The first kappa shape index (κ1) is 18.9. The predicted molar refractivity (Wildman–Crippen MR) is 99.8 cm³/mol. The van der Waals surface area contributed by atoms with Crippen molar-refractivity contribution in [3.05, 3.63) is 36.0 Å². The molecule has 0 spiro atoms. The van der Waals surface area contributed by atoms with E-state index in [1.54, 1.807) is 6.92 Å². The fourth-order valence-corrected chi connectivity index (χ4v) is 2.77. The number of para-hydroxylation sites is 1. The Morgan fingerprint density at radius 3 is 2.60 bits per heavy atom. The Kier molecular flexibility index (Phi) is 6.92. The standard InChI is InChI=1S/C20H26N2O3/c1-4-6-7-8-12-17(21-25-19(23)5-2)20(24)16-14-22(3)18-13-10-9-11-15(16)18/h9-11,13-14H,4-8,12H2,1-3H3/b21-17+. The van der Waals surface area contributed by atoms with Crippen LogP contribution in [0.1, 0.15) is 62.7 Å². The zero-order valence-corrected chi connectivity index (χ0v) is 15.2. The number of rotatable bonds is 9. The fraction of sp³-hybridized carbons (Fsp3) is 0.450. The maximum Gasteiger partial charge on any atom is 0.334 e. The molecule has 2 rings (SSSR count). The van der Waals surface area contributed by atoms with Gasteiger partial charge in [0.1, 0.15) is 5.71 Å². The van der Waals surface area contributed by atoms with Crippen LogP contribution in [0.15, 0.2) is 35.6 Å². The minimum Gasteiger partial charge on any atom is -0.350 e. The Morgan fingerprint density at radius 2 is 1.88 bits per heavy atom. The maximum atomic E-state index is 13.0. The number of benzene rings is 1. The third kappa shape index (κ3) is 4.78. The third-order valence-electron chi connectivity index (χ3n) is 4.22. The van der Waals surface area contributed by atoms with E-state index in [0.717, 1.165) is 36.6 Å². The van der Waals surface area contributed by atoms with E-state index < -0.39 is 5.97 Å². The van der Waals surface area contributed by atoms with E-state index >= 15 is 0 Å². The van der Waals surface area contributed by atoms with E-state index in [0.29, 0.717) is 17.7 Å². The monoisotopic (exact) mass is 342 g/mol. The average molecular weight is 342 g/mol. The molecule has 1 aromatic carbocycles. The number of Topliss-reactive ketones (excluding diaryl/α,β-unsaturated/α-hetero) is 1. The van der Waals surface area contributed by atoms with Gasteiger partial charge in [0.15, 0.2) is 0 Å². The summed E-state index contributed by atoms with van der Waals surface area (Å²) in [6.07, 6.45) is 6.68. The van der Waals surface area contributed by atoms with Gasteiger partial charge in [-0.05, 0) is 18.9 Å². The predicted octanol–water partition coefficient (Wildman–Crippen LogP) is 4.64. The van der Waals surface area contributed by atoms with E-state index in [1.165, 1.54) is 0 Å². The number of oxime groups is 1. The highest BCUT2D eigenvalue weighted by Crippen LogP contribution is 2.22. The largest absolute Gasteiger partial charge is 0.350 e. The second-order valence-electron chi connectivity index (χ2n) is 6.17. The lowest BCUT2D eigenvalue weighted by Crippen LogP contribution is -2.16. The van der Waals surface area contributed by atoms with Crippen molar-refractivity contribution in [2.75, 3.05) is 0 Å². The van der Waals surface area contributed by atoms with Crippen molar-refractivity contribution >= 4 is 28.4 Å². The van der Waals surface area contributed by atoms with Gasteiger partial charge in [-0.3, -0.25) is 4.79 Å². The summed E-state index contributed by atoms with van der Waals surface area (Å²) in [4.78, 5) is 29.3. The molecule has 0 saturated heterocycles. The summed E-state index contributed by atoms with van der Waals surface area (Å²) < 4.78 is 1.93. The molecule has 0 atom stereocenters. The van der Waals surface area contributed by atoms with E-state index in [-0.39, 0.29) is 12.2 Å². The minimum atomic E-state index is -0.434. The second kappa shape index (κ2) is 9.16. The molecule has 0 N–H and O–H groups in total. The van der Waals surface area contributed by atoms with Gasteiger partial charge in [0.2, 0.25) is 5.78 Å². The zero-order valence-electron chi connectivity index (χ0n) is 15.2. The number of hydrogen-bond donors (Lipinski definition) is 0. The molecule has 0 radical (unpaired) electrons. The molecule has 1 heterocycles. The topological polar surface area (TPSA) is 60.7 Å². The lowest BCUT2D eigenvalue weighted by molar-refractivity contribution is -0.143. The van der Waals surface area contributed by atoms with Crippen LogP contribution in [0.4, 0.5) is 0 Å². The van der Waals surface area contributed by atoms with Crippen molar-refractivity contribution in [3.63, 3.8) is 0 Å². The van der Waals surface area contributed by atoms with Crippen LogP contribution in [0.5, 0.6) is 0 Å². The molecule has 0 unspecified atom stereocenters. The first-order valence-corrected chi connectivity index (χ1v) is 8.93. The van der Waals surface area contributed by atoms with Gasteiger partial charge in [0.05, 0.1) is 0 Å². The van der Waals surface area contributed by atoms with Crippen LogP contribution in [-0.2, 0) is 16.7 Å². The molecule has 25 heavy (non-hydrogen) atoms. The van der Waals surface area contributed by atoms with E-state index in [4.69, 9.17) is 4.84 Å². The van der Waals surface area contributed by atoms with Crippen LogP contribution in [0.2, 0.25) is 0 Å². The van der Waals surface area contributed by atoms with Crippen LogP contribution in [-0.4, -0.2) is 22.0 Å². The van der Waals surface area contributed by atoms with Crippen molar-refractivity contribution < 1.29 is 14.4 Å². The Morgan fingerprint density at radius 1 is 1.12 bits per heavy atom. The number of fused-ring (bicyclic) bond motifs is 1. The molecule has 0 aliphatic heterocycles. The van der Waals surface area contributed by atoms with E-state index in [1.807, 2.05) is 42.1 Å². The lowest BCUT2D eigenvalue weighted by Gasteiger charge is -2.05. The van der Waals surface area contributed by atoms with Crippen molar-refractivity contribution in [1.29, 1.82) is 0 Å². The van der Waals surface area contributed by atoms with Gasteiger partial charge >= 0.3 is 5.97 Å². The summed E-state index contributed by atoms with van der Waals surface area (Å²) >= 11 is 0. The first-order chi connectivity index (χ1) is 12.1. The maximum absolute atomic E-state index is 13.0. The number of aryl methyl sites for hydroxylation is 1. The summed E-state index contributed by atoms with van der Waals surface area (Å²) in [7, 11) is 1.91. The lowest BCUT2D eigenvalue weighted by atomic mass is 10.0. The first-order valence-electron chi connectivity index (χ1n) is 8.93. The van der Waals surface area contributed by atoms with Gasteiger partial charge in [0, 0.05) is 36.1 Å². The normalized spacial score (nSPS) is 11.7. The molecular weight excluding hydrogens is 316 g/mol. The summed E-state index contributed by atoms with van der Waals surface area (Å²) in [5.74, 6) is -0.603. The fourth-order valence-electron chi connectivity index (χ4n) is 2.77. The van der Waals surface area contributed by atoms with Crippen LogP contribution < -0.4 is 0 Å². The summed E-state index contributed by atoms with van der Waals surface area (Å²) in [5, 5.41) is 4.78. The van der Waals surface area contributed by atoms with Gasteiger partial charge in [-0.25, -0.2) is 4.79 Å². The number of carbonyl (C=O) groups excluding carboxylic acids is 2. The third-order valence-corrected chi connectivity index (χ3v) is 4.22. The Hall–Kier alpha value is -2.43. The van der Waals surface area contributed by atoms with Crippen molar-refractivity contribution in [2.24, 2.45) is 12.2 Å². The molecule has 134 valence electrons. The zero-order chi connectivity index (χ0) is 18.2. The molecule has 1 aromatic heterocycles. The summed E-state index contributed by atoms with van der Waals surface area (Å²) in [5.41, 5.74) is 1.90. The van der Waals surface area contributed by atoms with Crippen LogP contribution in [0, 0.1) is 0 Å². The molecule has 0 aliphatic rings. The summed E-state index contributed by atoms with van der Waals surface area (Å²) in [6, 6.07) is 7.75. The van der Waals surface area contributed by atoms with Crippen LogP contribution in [0.25, 0.3) is 10.9 Å². The van der Waals surface area contributed by atoms with Crippen molar-refractivity contribution in [3.8, 4) is 0 Å².